The smallest absolute Gasteiger partial charge is 0.438 e. The zero-order valence-electron chi connectivity index (χ0n) is 17.0. The van der Waals surface area contributed by atoms with E-state index in [2.05, 4.69) is 35.6 Å². The van der Waals surface area contributed by atoms with Crippen LogP contribution >= 0.6 is 24.3 Å². The number of H-pyrrole nitrogens is 1. The molecule has 0 spiro atoms. The van der Waals surface area contributed by atoms with Gasteiger partial charge in [-0.3, -0.25) is 14.3 Å². The van der Waals surface area contributed by atoms with Crippen LogP contribution in [0.2, 0.25) is 0 Å². The van der Waals surface area contributed by atoms with Crippen LogP contribution in [0.15, 0.2) is 39.9 Å². The molecule has 3 N–H and O–H groups in total. The summed E-state index contributed by atoms with van der Waals surface area (Å²) >= 11 is 3.41. The van der Waals surface area contributed by atoms with Crippen molar-refractivity contribution in [2.45, 2.75) is 13.2 Å². The Hall–Kier alpha value is -2.57. The van der Waals surface area contributed by atoms with Gasteiger partial charge in [0.15, 0.2) is 11.2 Å². The number of hydrogen-bond acceptors (Lipinski definition) is 10. The van der Waals surface area contributed by atoms with E-state index in [0.29, 0.717) is 12.2 Å². The Morgan fingerprint density at radius 3 is 2.97 bits per heavy atom. The minimum absolute atomic E-state index is 0.00800. The van der Waals surface area contributed by atoms with Gasteiger partial charge >= 0.3 is 6.16 Å². The molecule has 172 valence electrons. The molecule has 12 nitrogen and oxygen atoms in total. The van der Waals surface area contributed by atoms with Crippen LogP contribution in [0, 0.1) is 0 Å². The fraction of sp³-hybridized carbons (Fsp3) is 0.333. The summed E-state index contributed by atoms with van der Waals surface area (Å²) < 4.78 is 28.7. The second-order valence-corrected chi connectivity index (χ2v) is 8.54. The van der Waals surface area contributed by atoms with Gasteiger partial charge in [0.25, 0.3) is 5.56 Å². The number of anilines is 1. The van der Waals surface area contributed by atoms with E-state index in [1.54, 1.807) is 4.57 Å². The number of nitrogens with zero attached hydrogens (tertiary/aromatic N) is 3. The number of imidazole rings is 1. The van der Waals surface area contributed by atoms with Crippen LogP contribution in [0.5, 0.6) is 0 Å². The van der Waals surface area contributed by atoms with Crippen molar-refractivity contribution in [2.24, 2.45) is 0 Å². The summed E-state index contributed by atoms with van der Waals surface area (Å²) in [5.74, 6) is 0.00800. The lowest BCUT2D eigenvalue weighted by Crippen LogP contribution is -2.13. The van der Waals surface area contributed by atoms with Gasteiger partial charge in [0.2, 0.25) is 21.1 Å². The average Bonchev–Trinajstić information content (AvgIpc) is 3.17. The highest BCUT2D eigenvalue weighted by atomic mass is 79.9. The first-order valence-electron chi connectivity index (χ1n) is 9.23. The topological polar surface area (TPSA) is 153 Å². The van der Waals surface area contributed by atoms with Crippen molar-refractivity contribution in [3.8, 4) is 0 Å². The summed E-state index contributed by atoms with van der Waals surface area (Å²) in [6.07, 6.45) is 0.751. The second kappa shape index (κ2) is 11.9. The molecule has 0 bridgehead atoms. The third-order valence-electron chi connectivity index (χ3n) is 3.97. The molecule has 0 fully saturated rings. The molecule has 32 heavy (non-hydrogen) atoms. The van der Waals surface area contributed by atoms with E-state index < -0.39 is 20.1 Å². The fourth-order valence-corrected chi connectivity index (χ4v) is 3.93. The van der Waals surface area contributed by atoms with Gasteiger partial charge in [-0.1, -0.05) is 28.1 Å². The number of methoxy groups -OCH3 is 1. The van der Waals surface area contributed by atoms with Gasteiger partial charge in [-0.15, -0.1) is 0 Å². The quantitative estimate of drug-likeness (QED) is 0.164. The van der Waals surface area contributed by atoms with Gasteiger partial charge < -0.3 is 29.0 Å². The maximum Gasteiger partial charge on any atom is 0.510 e. The Morgan fingerprint density at radius 1 is 1.34 bits per heavy atom. The number of hydrogen-bond donors (Lipinski definition) is 2. The van der Waals surface area contributed by atoms with Crippen LogP contribution in [0.4, 0.5) is 10.7 Å². The molecule has 3 rings (SSSR count). The fourth-order valence-electron chi connectivity index (χ4n) is 2.51. The molecule has 1 atom stereocenters. The van der Waals surface area contributed by atoms with Crippen molar-refractivity contribution in [1.29, 1.82) is 0 Å². The van der Waals surface area contributed by atoms with E-state index in [0.717, 1.165) is 10.0 Å². The van der Waals surface area contributed by atoms with Crippen LogP contribution < -0.4 is 11.3 Å². The van der Waals surface area contributed by atoms with Gasteiger partial charge in [-0.25, -0.2) is 9.78 Å². The van der Waals surface area contributed by atoms with E-state index in [-0.39, 0.29) is 37.8 Å². The third-order valence-corrected chi connectivity index (χ3v) is 5.67. The Morgan fingerprint density at radius 2 is 2.19 bits per heavy atom. The SMILES string of the molecule is COC(=O)OCOP(COCCn1cnc2c(=O)[nH]c(N)nc21)OCc1cccc(Br)c1. The molecule has 1 unspecified atom stereocenters. The number of nitrogens with two attached hydrogens (primary N) is 1. The van der Waals surface area contributed by atoms with Crippen LogP contribution in [0.1, 0.15) is 5.56 Å². The predicted octanol–water partition coefficient (Wildman–Crippen LogP) is 2.72. The van der Waals surface area contributed by atoms with Gasteiger partial charge in [0, 0.05) is 11.0 Å². The maximum absolute atomic E-state index is 11.9. The number of aromatic amines is 1. The first kappa shape index (κ1) is 24.1. The van der Waals surface area contributed by atoms with Crippen molar-refractivity contribution in [3.05, 3.63) is 51.0 Å². The summed E-state index contributed by atoms with van der Waals surface area (Å²) in [6, 6.07) is 7.63. The normalized spacial score (nSPS) is 12.1. The molecule has 0 saturated heterocycles. The number of rotatable bonds is 11. The lowest BCUT2D eigenvalue weighted by Gasteiger charge is -2.17. The number of carbonyl (C=O) groups excluding carboxylic acids is 1. The zero-order valence-corrected chi connectivity index (χ0v) is 19.5. The van der Waals surface area contributed by atoms with Crippen LogP contribution in [0.3, 0.4) is 0 Å². The van der Waals surface area contributed by atoms with Crippen molar-refractivity contribution in [1.82, 2.24) is 19.5 Å². The molecule has 0 aliphatic carbocycles. The number of halogens is 1. The molecular weight excluding hydrogens is 509 g/mol. The summed E-state index contributed by atoms with van der Waals surface area (Å²) in [6.45, 7) is 0.587. The lowest BCUT2D eigenvalue weighted by atomic mass is 10.2. The van der Waals surface area contributed by atoms with Gasteiger partial charge in [0.05, 0.1) is 26.7 Å². The highest BCUT2D eigenvalue weighted by molar-refractivity contribution is 9.10. The van der Waals surface area contributed by atoms with Crippen LogP contribution in [-0.4, -0.2) is 52.5 Å². The van der Waals surface area contributed by atoms with E-state index in [1.807, 2.05) is 24.3 Å². The number of fused-ring (bicyclic) bond motifs is 1. The third kappa shape index (κ3) is 6.97. The first-order chi connectivity index (χ1) is 15.5. The Labute approximate surface area is 192 Å². The molecule has 2 heterocycles. The highest BCUT2D eigenvalue weighted by Gasteiger charge is 2.14. The van der Waals surface area contributed by atoms with Crippen molar-refractivity contribution in [2.75, 3.05) is 32.6 Å². The number of benzene rings is 1. The summed E-state index contributed by atoms with van der Waals surface area (Å²) in [5.41, 5.74) is 6.69. The number of aromatic nitrogens is 4. The summed E-state index contributed by atoms with van der Waals surface area (Å²) in [5, 5.41) is 0. The van der Waals surface area contributed by atoms with Crippen LogP contribution in [-0.2, 0) is 36.4 Å². The Bertz CT molecular complexity index is 1110. The number of nitrogens with one attached hydrogen (secondary N) is 1. The van der Waals surface area contributed by atoms with Gasteiger partial charge in [-0.05, 0) is 17.7 Å². The molecule has 0 aliphatic rings. The number of ether oxygens (including phenoxy) is 3. The second-order valence-electron chi connectivity index (χ2n) is 6.18. The zero-order chi connectivity index (χ0) is 22.9. The Balaban J connectivity index is 1.53. The molecule has 0 radical (unpaired) electrons. The molecule has 0 saturated carbocycles. The molecule has 1 aromatic carbocycles. The minimum Gasteiger partial charge on any atom is -0.438 e. The number of carbonyl (C=O) groups is 1. The first-order valence-corrected chi connectivity index (χ1v) is 11.4. The van der Waals surface area contributed by atoms with E-state index in [1.165, 1.54) is 13.4 Å². The molecular formula is C18H21BrN5O7P. The van der Waals surface area contributed by atoms with Gasteiger partial charge in [0.1, 0.15) is 6.35 Å². The monoisotopic (exact) mass is 529 g/mol. The largest absolute Gasteiger partial charge is 0.510 e. The van der Waals surface area contributed by atoms with Crippen molar-refractivity contribution in [3.63, 3.8) is 0 Å². The molecule has 14 heteroatoms. The van der Waals surface area contributed by atoms with Crippen LogP contribution in [0.25, 0.3) is 11.2 Å². The average molecular weight is 530 g/mol. The number of nitrogen functional groups attached to an aromatic ring is 1. The lowest BCUT2D eigenvalue weighted by molar-refractivity contribution is 0.0100. The molecule has 2 aromatic heterocycles. The van der Waals surface area contributed by atoms with E-state index in [9.17, 15) is 9.59 Å². The maximum atomic E-state index is 11.9. The summed E-state index contributed by atoms with van der Waals surface area (Å²) in [7, 11) is -0.327. The van der Waals surface area contributed by atoms with Crippen molar-refractivity contribution < 1.29 is 28.1 Å². The minimum atomic E-state index is -1.53. The summed E-state index contributed by atoms with van der Waals surface area (Å²) in [4.78, 5) is 33.5. The van der Waals surface area contributed by atoms with Crippen molar-refractivity contribution >= 4 is 47.6 Å². The van der Waals surface area contributed by atoms with E-state index >= 15 is 0 Å². The highest BCUT2D eigenvalue weighted by Crippen LogP contribution is 2.39. The Kier molecular flexibility index (Phi) is 8.94. The molecule has 0 aliphatic heterocycles. The molecule has 0 amide bonds. The van der Waals surface area contributed by atoms with E-state index in [4.69, 9.17) is 24.3 Å². The van der Waals surface area contributed by atoms with Gasteiger partial charge in [-0.2, -0.15) is 4.98 Å². The predicted molar refractivity (Wildman–Crippen MR) is 119 cm³/mol. The standard InChI is InChI=1S/C18H21BrN5O7P/c1-27-18(26)29-10-31-32(30-8-12-3-2-4-13(19)7-12)11-28-6-5-24-9-21-14-15(24)22-17(20)23-16(14)25/h2-4,7,9H,5-6,8,10-11H2,1H3,(H3,20,22,23,25). The molecule has 3 aromatic rings.